The lowest BCUT2D eigenvalue weighted by molar-refractivity contribution is -0.127. The summed E-state index contributed by atoms with van der Waals surface area (Å²) in [4.78, 5) is 24.0. The number of amides is 2. The zero-order chi connectivity index (χ0) is 21.5. The molecule has 0 saturated heterocycles. The van der Waals surface area contributed by atoms with Gasteiger partial charge in [-0.1, -0.05) is 11.6 Å². The summed E-state index contributed by atoms with van der Waals surface area (Å²) >= 11 is 7.09. The van der Waals surface area contributed by atoms with Crippen LogP contribution in [0.15, 0.2) is 23.1 Å². The van der Waals surface area contributed by atoms with Crippen LogP contribution in [-0.4, -0.2) is 50.4 Å². The third kappa shape index (κ3) is 8.34. The minimum Gasteiger partial charge on any atom is -0.350 e. The Morgan fingerprint density at radius 1 is 1.29 bits per heavy atom. The first-order valence-electron chi connectivity index (χ1n) is 8.41. The maximum atomic E-state index is 13.3. The van der Waals surface area contributed by atoms with Crippen molar-refractivity contribution in [3.05, 3.63) is 29.0 Å². The number of carbonyl (C=O) groups is 2. The monoisotopic (exact) mass is 453 g/mol. The first-order valence-corrected chi connectivity index (χ1v) is 11.7. The number of thioether (sulfide) groups is 1. The van der Waals surface area contributed by atoms with Gasteiger partial charge in [0.05, 0.1) is 16.5 Å². The van der Waals surface area contributed by atoms with Crippen molar-refractivity contribution in [2.45, 2.75) is 43.7 Å². The quantitative estimate of drug-likeness (QED) is 0.529. The van der Waals surface area contributed by atoms with E-state index in [1.54, 1.807) is 20.8 Å². The van der Waals surface area contributed by atoms with Crippen LogP contribution >= 0.6 is 23.4 Å². The number of sulfonamides is 1. The number of hydrogen-bond acceptors (Lipinski definition) is 5. The summed E-state index contributed by atoms with van der Waals surface area (Å²) in [7, 11) is -4.11. The third-order valence-electron chi connectivity index (χ3n) is 3.36. The van der Waals surface area contributed by atoms with Gasteiger partial charge in [-0.3, -0.25) is 9.59 Å². The van der Waals surface area contributed by atoms with Crippen LogP contribution in [0, 0.1) is 5.82 Å². The van der Waals surface area contributed by atoms with Crippen LogP contribution in [0.4, 0.5) is 4.39 Å². The van der Waals surface area contributed by atoms with E-state index in [4.69, 9.17) is 11.6 Å². The molecule has 0 fully saturated rings. The van der Waals surface area contributed by atoms with E-state index >= 15 is 0 Å². The SMILES string of the molecule is CSCCC(NS(=O)(=O)c1ccc(F)c(Cl)c1)C(=O)NCC(=O)NC(C)(C)C. The lowest BCUT2D eigenvalue weighted by Gasteiger charge is -2.22. The Balaban J connectivity index is 2.87. The van der Waals surface area contributed by atoms with Gasteiger partial charge >= 0.3 is 0 Å². The Bertz CT molecular complexity index is 813. The van der Waals surface area contributed by atoms with Gasteiger partial charge in [-0.25, -0.2) is 12.8 Å². The van der Waals surface area contributed by atoms with Gasteiger partial charge in [0.25, 0.3) is 0 Å². The Kier molecular flexibility index (Phi) is 9.19. The van der Waals surface area contributed by atoms with Crippen molar-refractivity contribution in [1.82, 2.24) is 15.4 Å². The summed E-state index contributed by atoms with van der Waals surface area (Å²) in [5.74, 6) is -1.26. The van der Waals surface area contributed by atoms with Gasteiger partial charge in [0.2, 0.25) is 21.8 Å². The predicted octanol–water partition coefficient (Wildman–Crippen LogP) is 1.91. The highest BCUT2D eigenvalue weighted by atomic mass is 35.5. The topological polar surface area (TPSA) is 104 Å². The normalized spacial score (nSPS) is 13.1. The maximum absolute atomic E-state index is 13.3. The van der Waals surface area contributed by atoms with Crippen molar-refractivity contribution in [2.24, 2.45) is 0 Å². The molecule has 7 nitrogen and oxygen atoms in total. The van der Waals surface area contributed by atoms with Crippen molar-refractivity contribution in [1.29, 1.82) is 0 Å². The molecule has 1 unspecified atom stereocenters. The molecule has 28 heavy (non-hydrogen) atoms. The molecule has 1 atom stereocenters. The van der Waals surface area contributed by atoms with Crippen molar-refractivity contribution < 1.29 is 22.4 Å². The van der Waals surface area contributed by atoms with E-state index in [2.05, 4.69) is 15.4 Å². The highest BCUT2D eigenvalue weighted by Crippen LogP contribution is 2.20. The van der Waals surface area contributed by atoms with Crippen LogP contribution in [0.2, 0.25) is 5.02 Å². The first-order chi connectivity index (χ1) is 12.9. The number of nitrogens with one attached hydrogen (secondary N) is 3. The lowest BCUT2D eigenvalue weighted by atomic mass is 10.1. The van der Waals surface area contributed by atoms with E-state index in [-0.39, 0.29) is 22.9 Å². The van der Waals surface area contributed by atoms with E-state index in [0.29, 0.717) is 5.75 Å². The molecule has 0 aromatic heterocycles. The smallest absolute Gasteiger partial charge is 0.241 e. The van der Waals surface area contributed by atoms with Crippen LogP contribution in [0.1, 0.15) is 27.2 Å². The Morgan fingerprint density at radius 3 is 2.46 bits per heavy atom. The van der Waals surface area contributed by atoms with Gasteiger partial charge < -0.3 is 10.6 Å². The molecular weight excluding hydrogens is 429 g/mol. The van der Waals surface area contributed by atoms with E-state index < -0.39 is 39.2 Å². The average molecular weight is 454 g/mol. The molecule has 1 rings (SSSR count). The fourth-order valence-corrected chi connectivity index (χ4v) is 4.10. The van der Waals surface area contributed by atoms with Crippen LogP contribution in [0.3, 0.4) is 0 Å². The first kappa shape index (κ1) is 24.7. The van der Waals surface area contributed by atoms with E-state index in [1.165, 1.54) is 11.8 Å². The maximum Gasteiger partial charge on any atom is 0.241 e. The average Bonchev–Trinajstić information content (AvgIpc) is 2.57. The molecule has 2 amide bonds. The summed E-state index contributed by atoms with van der Waals surface area (Å²) in [6.45, 7) is 5.12. The number of rotatable bonds is 9. The molecule has 0 saturated carbocycles. The number of carbonyl (C=O) groups excluding carboxylic acids is 2. The molecule has 0 radical (unpaired) electrons. The molecule has 1 aromatic rings. The zero-order valence-electron chi connectivity index (χ0n) is 16.1. The van der Waals surface area contributed by atoms with Crippen molar-refractivity contribution in [3.63, 3.8) is 0 Å². The predicted molar refractivity (Wildman–Crippen MR) is 109 cm³/mol. The summed E-state index contributed by atoms with van der Waals surface area (Å²) < 4.78 is 40.7. The fourth-order valence-electron chi connectivity index (χ4n) is 2.13. The molecule has 3 N–H and O–H groups in total. The van der Waals surface area contributed by atoms with Gasteiger partial charge in [-0.2, -0.15) is 16.5 Å². The van der Waals surface area contributed by atoms with Gasteiger partial charge in [-0.05, 0) is 57.4 Å². The second-order valence-corrected chi connectivity index (χ2v) is 10.2. The Labute approximate surface area is 174 Å². The van der Waals surface area contributed by atoms with E-state index in [1.807, 2.05) is 6.26 Å². The molecule has 0 bridgehead atoms. The molecule has 158 valence electrons. The Morgan fingerprint density at radius 2 is 1.93 bits per heavy atom. The minimum absolute atomic E-state index is 0.210. The van der Waals surface area contributed by atoms with Crippen LogP contribution in [0.5, 0.6) is 0 Å². The lowest BCUT2D eigenvalue weighted by Crippen LogP contribution is -2.51. The third-order valence-corrected chi connectivity index (χ3v) is 5.77. The van der Waals surface area contributed by atoms with Crippen molar-refractivity contribution in [3.8, 4) is 0 Å². The van der Waals surface area contributed by atoms with Crippen LogP contribution < -0.4 is 15.4 Å². The standard InChI is InChI=1S/C17H25ClFN3O4S2/c1-17(2,3)21-15(23)10-20-16(24)14(7-8-27-4)22-28(25,26)11-5-6-13(19)12(18)9-11/h5-6,9,14,22H,7-8,10H2,1-4H3,(H,20,24)(H,21,23). The summed E-state index contributed by atoms with van der Waals surface area (Å²) in [5, 5.41) is 4.79. The fraction of sp³-hybridized carbons (Fsp3) is 0.529. The molecule has 0 aliphatic rings. The highest BCUT2D eigenvalue weighted by Gasteiger charge is 2.26. The summed E-state index contributed by atoms with van der Waals surface area (Å²) in [6.07, 6.45) is 2.03. The summed E-state index contributed by atoms with van der Waals surface area (Å²) in [5.41, 5.74) is -0.455. The zero-order valence-corrected chi connectivity index (χ0v) is 18.5. The van der Waals surface area contributed by atoms with E-state index in [0.717, 1.165) is 18.2 Å². The summed E-state index contributed by atoms with van der Waals surface area (Å²) in [6, 6.07) is 1.87. The van der Waals surface area contributed by atoms with Gasteiger partial charge in [0, 0.05) is 5.54 Å². The van der Waals surface area contributed by atoms with Crippen molar-refractivity contribution >= 4 is 45.2 Å². The van der Waals surface area contributed by atoms with Gasteiger partial charge in [-0.15, -0.1) is 0 Å². The number of benzene rings is 1. The Hall–Kier alpha value is -1.36. The minimum atomic E-state index is -4.11. The molecule has 0 aliphatic carbocycles. The van der Waals surface area contributed by atoms with Crippen LogP contribution in [0.25, 0.3) is 0 Å². The van der Waals surface area contributed by atoms with Gasteiger partial charge in [0.15, 0.2) is 0 Å². The highest BCUT2D eigenvalue weighted by molar-refractivity contribution is 7.98. The molecule has 0 spiro atoms. The molecule has 0 heterocycles. The van der Waals surface area contributed by atoms with Crippen molar-refractivity contribution in [2.75, 3.05) is 18.6 Å². The molecule has 11 heteroatoms. The second kappa shape index (κ2) is 10.4. The largest absolute Gasteiger partial charge is 0.350 e. The van der Waals surface area contributed by atoms with Crippen LogP contribution in [-0.2, 0) is 19.6 Å². The van der Waals surface area contributed by atoms with E-state index in [9.17, 15) is 22.4 Å². The molecule has 0 aliphatic heterocycles. The second-order valence-electron chi connectivity index (χ2n) is 7.05. The number of halogens is 2. The molecule has 1 aromatic carbocycles. The van der Waals surface area contributed by atoms with Gasteiger partial charge in [0.1, 0.15) is 11.9 Å². The number of hydrogen-bond donors (Lipinski definition) is 3. The molecular formula is C17H25ClFN3O4S2.